The highest BCUT2D eigenvalue weighted by Gasteiger charge is 2.32. The van der Waals surface area contributed by atoms with Gasteiger partial charge < -0.3 is 10.1 Å². The molecule has 12 heteroatoms. The molecule has 4 rings (SSSR count). The first-order chi connectivity index (χ1) is 18.0. The Balaban J connectivity index is 1.58. The van der Waals surface area contributed by atoms with Gasteiger partial charge in [-0.25, -0.2) is 13.2 Å². The fraction of sp³-hybridized carbons (Fsp3) is 0.500. The lowest BCUT2D eigenvalue weighted by atomic mass is 10.0. The Labute approximate surface area is 227 Å². The largest absolute Gasteiger partial charge is 0.453 e. The molecular formula is C26H34N4O6S2. The van der Waals surface area contributed by atoms with Gasteiger partial charge in [-0.05, 0) is 69.9 Å². The maximum atomic E-state index is 13.2. The zero-order valence-corrected chi connectivity index (χ0v) is 23.7. The molecule has 206 valence electrons. The zero-order chi connectivity index (χ0) is 27.6. The van der Waals surface area contributed by atoms with Gasteiger partial charge in [-0.1, -0.05) is 6.42 Å². The molecule has 0 spiro atoms. The monoisotopic (exact) mass is 562 g/mol. The summed E-state index contributed by atoms with van der Waals surface area (Å²) in [5, 5.41) is 5.35. The van der Waals surface area contributed by atoms with Gasteiger partial charge in [0.15, 0.2) is 0 Å². The van der Waals surface area contributed by atoms with E-state index in [1.165, 1.54) is 47.0 Å². The number of sulfonamides is 1. The van der Waals surface area contributed by atoms with Gasteiger partial charge in [-0.3, -0.25) is 19.8 Å². The molecule has 3 amide bonds. The van der Waals surface area contributed by atoms with E-state index in [0.717, 1.165) is 36.2 Å². The molecular weight excluding hydrogens is 528 g/mol. The number of nitrogens with zero attached hydrogens (tertiary/aromatic N) is 2. The molecule has 1 aromatic carbocycles. The molecule has 38 heavy (non-hydrogen) atoms. The molecule has 10 nitrogen and oxygen atoms in total. The summed E-state index contributed by atoms with van der Waals surface area (Å²) >= 11 is 1.31. The summed E-state index contributed by atoms with van der Waals surface area (Å²) in [6.45, 7) is 7.98. The predicted octanol–water partition coefficient (Wildman–Crippen LogP) is 3.83. The number of amides is 3. The fourth-order valence-electron chi connectivity index (χ4n) is 4.92. The van der Waals surface area contributed by atoms with Gasteiger partial charge >= 0.3 is 6.09 Å². The summed E-state index contributed by atoms with van der Waals surface area (Å²) in [5.41, 5.74) is 1.32. The number of benzene rings is 1. The number of methoxy groups -OCH3 is 1. The van der Waals surface area contributed by atoms with E-state index in [0.29, 0.717) is 30.6 Å². The number of rotatable bonds is 6. The summed E-state index contributed by atoms with van der Waals surface area (Å²) in [7, 11) is -2.49. The van der Waals surface area contributed by atoms with Gasteiger partial charge in [0.05, 0.1) is 17.6 Å². The number of hydrogen-bond donors (Lipinski definition) is 2. The Bertz CT molecular complexity index is 1320. The Morgan fingerprint density at radius 3 is 2.42 bits per heavy atom. The van der Waals surface area contributed by atoms with E-state index < -0.39 is 27.9 Å². The summed E-state index contributed by atoms with van der Waals surface area (Å²) in [6, 6.07) is 6.08. The van der Waals surface area contributed by atoms with E-state index in [4.69, 9.17) is 0 Å². The number of piperidine rings is 1. The van der Waals surface area contributed by atoms with Crippen LogP contribution in [0.5, 0.6) is 0 Å². The second-order valence-corrected chi connectivity index (χ2v) is 12.9. The Kier molecular flexibility index (Phi) is 8.55. The molecule has 3 heterocycles. The number of anilines is 1. The number of imide groups is 1. The van der Waals surface area contributed by atoms with E-state index in [1.54, 1.807) is 0 Å². The first-order valence-corrected chi connectivity index (χ1v) is 15.0. The van der Waals surface area contributed by atoms with Gasteiger partial charge in [-0.2, -0.15) is 4.31 Å². The minimum absolute atomic E-state index is 0.0669. The van der Waals surface area contributed by atoms with Crippen molar-refractivity contribution >= 4 is 44.3 Å². The van der Waals surface area contributed by atoms with Crippen molar-refractivity contribution in [3.8, 4) is 0 Å². The molecule has 2 aromatic rings. The minimum atomic E-state index is -3.66. The van der Waals surface area contributed by atoms with Gasteiger partial charge in [0.1, 0.15) is 5.00 Å². The molecule has 2 aliphatic heterocycles. The first kappa shape index (κ1) is 28.2. The highest BCUT2D eigenvalue weighted by atomic mass is 32.2. The smallest absolute Gasteiger partial charge is 0.413 e. The Morgan fingerprint density at radius 2 is 1.79 bits per heavy atom. The van der Waals surface area contributed by atoms with Crippen LogP contribution in [-0.4, -0.2) is 67.8 Å². The molecule has 1 unspecified atom stereocenters. The van der Waals surface area contributed by atoms with Crippen LogP contribution in [0.3, 0.4) is 0 Å². The average Bonchev–Trinajstić information content (AvgIpc) is 3.25. The molecule has 0 radical (unpaired) electrons. The van der Waals surface area contributed by atoms with Crippen LogP contribution >= 0.6 is 11.3 Å². The topological polar surface area (TPSA) is 125 Å². The fourth-order valence-corrected chi connectivity index (χ4v) is 7.88. The van der Waals surface area contributed by atoms with Crippen molar-refractivity contribution in [1.82, 2.24) is 14.5 Å². The van der Waals surface area contributed by atoms with E-state index in [1.807, 2.05) is 6.92 Å². The van der Waals surface area contributed by atoms with Crippen molar-refractivity contribution in [2.24, 2.45) is 0 Å². The third-order valence-corrected chi connectivity index (χ3v) is 10.3. The third kappa shape index (κ3) is 5.78. The number of hydrogen-bond acceptors (Lipinski definition) is 8. The van der Waals surface area contributed by atoms with Crippen molar-refractivity contribution in [2.75, 3.05) is 25.5 Å². The molecule has 0 saturated carbocycles. The lowest BCUT2D eigenvalue weighted by Gasteiger charge is -2.32. The molecule has 2 N–H and O–H groups in total. The van der Waals surface area contributed by atoms with Crippen LogP contribution < -0.4 is 10.6 Å². The van der Waals surface area contributed by atoms with E-state index in [2.05, 4.69) is 34.1 Å². The van der Waals surface area contributed by atoms with Gasteiger partial charge in [-0.15, -0.1) is 11.3 Å². The number of fused-ring (bicyclic) bond motifs is 1. The number of carbonyl (C=O) groups is 3. The van der Waals surface area contributed by atoms with Crippen LogP contribution in [0.15, 0.2) is 29.2 Å². The van der Waals surface area contributed by atoms with Crippen LogP contribution in [0.2, 0.25) is 0 Å². The molecule has 1 aromatic heterocycles. The molecule has 0 aliphatic carbocycles. The van der Waals surface area contributed by atoms with E-state index in [9.17, 15) is 22.8 Å². The van der Waals surface area contributed by atoms with Gasteiger partial charge in [0, 0.05) is 42.2 Å². The van der Waals surface area contributed by atoms with E-state index >= 15 is 0 Å². The second kappa shape index (κ2) is 11.5. The van der Waals surface area contributed by atoms with Crippen LogP contribution in [0, 0.1) is 0 Å². The highest BCUT2D eigenvalue weighted by Crippen LogP contribution is 2.38. The number of thiophene rings is 1. The van der Waals surface area contributed by atoms with Crippen molar-refractivity contribution in [2.45, 2.75) is 70.0 Å². The van der Waals surface area contributed by atoms with Gasteiger partial charge in [0.25, 0.3) is 11.8 Å². The molecule has 1 fully saturated rings. The normalized spacial score (nSPS) is 18.6. The lowest BCUT2D eigenvalue weighted by molar-refractivity contribution is 0.0936. The van der Waals surface area contributed by atoms with Crippen molar-refractivity contribution < 1.29 is 27.5 Å². The van der Waals surface area contributed by atoms with Crippen molar-refractivity contribution in [3.63, 3.8) is 0 Å². The third-order valence-electron chi connectivity index (χ3n) is 7.14. The van der Waals surface area contributed by atoms with Crippen LogP contribution in [0.4, 0.5) is 9.80 Å². The summed E-state index contributed by atoms with van der Waals surface area (Å²) in [4.78, 5) is 41.3. The summed E-state index contributed by atoms with van der Waals surface area (Å²) < 4.78 is 32.4. The molecule has 2 aliphatic rings. The van der Waals surface area contributed by atoms with Crippen molar-refractivity contribution in [3.05, 3.63) is 45.8 Å². The summed E-state index contributed by atoms with van der Waals surface area (Å²) in [5.74, 6) is -1.12. The van der Waals surface area contributed by atoms with Crippen LogP contribution in [-0.2, 0) is 27.7 Å². The quantitative estimate of drug-likeness (QED) is 0.548. The first-order valence-electron chi connectivity index (χ1n) is 12.7. The van der Waals surface area contributed by atoms with Crippen molar-refractivity contribution in [1.29, 1.82) is 0 Å². The average molecular weight is 563 g/mol. The number of alkyl carbamates (subject to hydrolysis) is 1. The number of nitrogens with one attached hydrogen (secondary N) is 2. The standard InChI is InChI=1S/C26H34N4O6S2/c1-16(2)29-14-12-20-21(15-29)37-25(22(20)24(32)28-26(33)36-4)27-23(31)18-8-10-19(11-9-18)38(34,35)30-13-6-5-7-17(30)3/h8-11,16-17H,5-7,12-15H2,1-4H3,(H,27,31)(H,28,32,33). The lowest BCUT2D eigenvalue weighted by Crippen LogP contribution is -2.41. The number of carbonyl (C=O) groups excluding carboxylic acids is 3. The highest BCUT2D eigenvalue weighted by molar-refractivity contribution is 7.89. The predicted molar refractivity (Wildman–Crippen MR) is 145 cm³/mol. The van der Waals surface area contributed by atoms with Gasteiger partial charge in [0.2, 0.25) is 10.0 Å². The summed E-state index contributed by atoms with van der Waals surface area (Å²) in [6.07, 6.45) is 2.38. The Hall–Kier alpha value is -2.80. The SMILES string of the molecule is COC(=O)NC(=O)c1c(NC(=O)c2ccc(S(=O)(=O)N3CCCCC3C)cc2)sc2c1CCN(C(C)C)C2. The maximum Gasteiger partial charge on any atom is 0.413 e. The van der Waals surface area contributed by atoms with E-state index in [-0.39, 0.29) is 22.1 Å². The van der Waals surface area contributed by atoms with Crippen LogP contribution in [0.25, 0.3) is 0 Å². The van der Waals surface area contributed by atoms with Crippen LogP contribution in [0.1, 0.15) is 71.2 Å². The second-order valence-electron chi connectivity index (χ2n) is 9.91. The number of ether oxygens (including phenoxy) is 1. The minimum Gasteiger partial charge on any atom is -0.453 e. The molecule has 0 bridgehead atoms. The maximum absolute atomic E-state index is 13.2. The Morgan fingerprint density at radius 1 is 1.08 bits per heavy atom. The molecule has 1 saturated heterocycles. The molecule has 1 atom stereocenters. The zero-order valence-electron chi connectivity index (χ0n) is 22.1.